The molecule has 18 heavy (non-hydrogen) atoms. The third-order valence-corrected chi connectivity index (χ3v) is 3.58. The number of methoxy groups -OCH3 is 1. The second-order valence-electron chi connectivity index (χ2n) is 4.61. The predicted octanol–water partition coefficient (Wildman–Crippen LogP) is 1.68. The molecule has 0 saturated heterocycles. The molecule has 98 valence electrons. The highest BCUT2D eigenvalue weighted by Crippen LogP contribution is 2.28. The Bertz CT molecular complexity index is 486. The van der Waals surface area contributed by atoms with Gasteiger partial charge in [-0.1, -0.05) is 0 Å². The molecule has 1 fully saturated rings. The van der Waals surface area contributed by atoms with Gasteiger partial charge in [0.1, 0.15) is 5.56 Å². The summed E-state index contributed by atoms with van der Waals surface area (Å²) < 4.78 is 6.84. The number of hydrogen-bond donors (Lipinski definition) is 1. The third kappa shape index (κ3) is 2.46. The van der Waals surface area contributed by atoms with Crippen molar-refractivity contribution in [2.45, 2.75) is 37.8 Å². The summed E-state index contributed by atoms with van der Waals surface area (Å²) in [6.45, 7) is 0. The highest BCUT2D eigenvalue weighted by Gasteiger charge is 2.23. The summed E-state index contributed by atoms with van der Waals surface area (Å²) in [7, 11) is 1.70. The number of hydrogen-bond acceptors (Lipinski definition) is 3. The standard InChI is InChI=1S/C13H17NO4/c1-18-10-6-4-9(5-7-10)14-8-2-3-11(12(14)15)13(16)17/h2-3,8-10H,4-7H2,1H3,(H,16,17). The molecule has 1 aromatic rings. The molecule has 1 heterocycles. The fourth-order valence-corrected chi connectivity index (χ4v) is 2.52. The number of ether oxygens (including phenoxy) is 1. The SMILES string of the molecule is COC1CCC(n2cccc(C(=O)O)c2=O)CC1. The van der Waals surface area contributed by atoms with Crippen molar-refractivity contribution in [3.8, 4) is 0 Å². The van der Waals surface area contributed by atoms with Crippen molar-refractivity contribution in [3.05, 3.63) is 34.2 Å². The Morgan fingerprint density at radius 2 is 2.06 bits per heavy atom. The molecule has 0 spiro atoms. The normalized spacial score (nSPS) is 23.8. The summed E-state index contributed by atoms with van der Waals surface area (Å²) >= 11 is 0. The fourth-order valence-electron chi connectivity index (χ4n) is 2.52. The molecule has 1 aromatic heterocycles. The predicted molar refractivity (Wildman–Crippen MR) is 66.0 cm³/mol. The number of carbonyl (C=O) groups is 1. The molecule has 0 aromatic carbocycles. The molecule has 0 radical (unpaired) electrons. The van der Waals surface area contributed by atoms with Gasteiger partial charge in [-0.25, -0.2) is 4.79 Å². The zero-order valence-electron chi connectivity index (χ0n) is 10.3. The summed E-state index contributed by atoms with van der Waals surface area (Å²) in [5.41, 5.74) is -0.572. The van der Waals surface area contributed by atoms with Crippen LogP contribution in [-0.2, 0) is 4.74 Å². The van der Waals surface area contributed by atoms with Crippen molar-refractivity contribution >= 4 is 5.97 Å². The number of carboxylic acids is 1. The maximum absolute atomic E-state index is 12.0. The van der Waals surface area contributed by atoms with Crippen LogP contribution in [0.3, 0.4) is 0 Å². The van der Waals surface area contributed by atoms with Crippen LogP contribution >= 0.6 is 0 Å². The number of nitrogens with zero attached hydrogens (tertiary/aromatic N) is 1. The Balaban J connectivity index is 2.22. The zero-order valence-corrected chi connectivity index (χ0v) is 10.3. The molecule has 1 saturated carbocycles. The van der Waals surface area contributed by atoms with Gasteiger partial charge < -0.3 is 14.4 Å². The van der Waals surface area contributed by atoms with E-state index in [0.29, 0.717) is 0 Å². The summed E-state index contributed by atoms with van der Waals surface area (Å²) in [6, 6.07) is 3.05. The lowest BCUT2D eigenvalue weighted by molar-refractivity contribution is 0.0576. The second-order valence-corrected chi connectivity index (χ2v) is 4.61. The van der Waals surface area contributed by atoms with Crippen LogP contribution in [0.5, 0.6) is 0 Å². The summed E-state index contributed by atoms with van der Waals surface area (Å²) in [4.78, 5) is 22.9. The smallest absolute Gasteiger partial charge is 0.341 e. The van der Waals surface area contributed by atoms with Gasteiger partial charge in [0.05, 0.1) is 6.10 Å². The number of pyridine rings is 1. The van der Waals surface area contributed by atoms with Gasteiger partial charge in [0, 0.05) is 19.3 Å². The minimum Gasteiger partial charge on any atom is -0.477 e. The highest BCUT2D eigenvalue weighted by molar-refractivity contribution is 5.86. The van der Waals surface area contributed by atoms with Crippen LogP contribution in [0.1, 0.15) is 42.1 Å². The number of carboxylic acid groups (broad SMARTS) is 1. The van der Waals surface area contributed by atoms with Crippen LogP contribution in [0, 0.1) is 0 Å². The van der Waals surface area contributed by atoms with E-state index >= 15 is 0 Å². The first-order valence-electron chi connectivity index (χ1n) is 6.10. The fraction of sp³-hybridized carbons (Fsp3) is 0.538. The Morgan fingerprint density at radius 1 is 1.39 bits per heavy atom. The van der Waals surface area contributed by atoms with Gasteiger partial charge in [0.15, 0.2) is 0 Å². The van der Waals surface area contributed by atoms with Gasteiger partial charge in [-0.2, -0.15) is 0 Å². The third-order valence-electron chi connectivity index (χ3n) is 3.58. The number of aromatic carboxylic acids is 1. The van der Waals surface area contributed by atoms with E-state index in [2.05, 4.69) is 0 Å². The molecule has 5 heteroatoms. The molecule has 1 N–H and O–H groups in total. The number of rotatable bonds is 3. The quantitative estimate of drug-likeness (QED) is 0.887. The summed E-state index contributed by atoms with van der Waals surface area (Å²) in [5.74, 6) is -1.17. The largest absolute Gasteiger partial charge is 0.477 e. The maximum Gasteiger partial charge on any atom is 0.341 e. The molecule has 0 bridgehead atoms. The van der Waals surface area contributed by atoms with Gasteiger partial charge in [0.25, 0.3) is 5.56 Å². The van der Waals surface area contributed by atoms with Gasteiger partial charge in [-0.05, 0) is 37.8 Å². The van der Waals surface area contributed by atoms with Crippen LogP contribution in [0.2, 0.25) is 0 Å². The molecule has 0 amide bonds. The van der Waals surface area contributed by atoms with Crippen LogP contribution in [0.25, 0.3) is 0 Å². The van der Waals surface area contributed by atoms with Crippen molar-refractivity contribution < 1.29 is 14.6 Å². The Kier molecular flexibility index (Phi) is 3.81. The van der Waals surface area contributed by atoms with Gasteiger partial charge in [-0.3, -0.25) is 4.79 Å². The van der Waals surface area contributed by atoms with Crippen LogP contribution in [-0.4, -0.2) is 28.9 Å². The maximum atomic E-state index is 12.0. The Hall–Kier alpha value is -1.62. The molecule has 2 rings (SSSR count). The van der Waals surface area contributed by atoms with Crippen molar-refractivity contribution in [1.29, 1.82) is 0 Å². The topological polar surface area (TPSA) is 68.5 Å². The number of aromatic nitrogens is 1. The van der Waals surface area contributed by atoms with E-state index in [9.17, 15) is 9.59 Å². The van der Waals surface area contributed by atoms with Crippen LogP contribution in [0.4, 0.5) is 0 Å². The average Bonchev–Trinajstić information content (AvgIpc) is 2.39. The molecule has 0 atom stereocenters. The summed E-state index contributed by atoms with van der Waals surface area (Å²) in [6.07, 6.45) is 5.45. The van der Waals surface area contributed by atoms with Crippen LogP contribution < -0.4 is 5.56 Å². The first-order valence-corrected chi connectivity index (χ1v) is 6.10. The van der Waals surface area contributed by atoms with E-state index in [-0.39, 0.29) is 17.7 Å². The molecular formula is C13H17NO4. The zero-order chi connectivity index (χ0) is 13.1. The van der Waals surface area contributed by atoms with Gasteiger partial charge in [-0.15, -0.1) is 0 Å². The lowest BCUT2D eigenvalue weighted by Gasteiger charge is -2.29. The average molecular weight is 251 g/mol. The monoisotopic (exact) mass is 251 g/mol. The van der Waals surface area contributed by atoms with Crippen LogP contribution in [0.15, 0.2) is 23.1 Å². The highest BCUT2D eigenvalue weighted by atomic mass is 16.5. The molecule has 0 aliphatic heterocycles. The van der Waals surface area contributed by atoms with Gasteiger partial charge >= 0.3 is 5.97 Å². The van der Waals surface area contributed by atoms with E-state index in [4.69, 9.17) is 9.84 Å². The molecule has 1 aliphatic carbocycles. The molecule has 1 aliphatic rings. The van der Waals surface area contributed by atoms with Gasteiger partial charge in [0.2, 0.25) is 0 Å². The molecule has 5 nitrogen and oxygen atoms in total. The van der Waals surface area contributed by atoms with E-state index in [0.717, 1.165) is 25.7 Å². The minimum absolute atomic E-state index is 0.0863. The molecular weight excluding hydrogens is 234 g/mol. The van der Waals surface area contributed by atoms with E-state index in [1.807, 2.05) is 0 Å². The Morgan fingerprint density at radius 3 is 2.61 bits per heavy atom. The first kappa shape index (κ1) is 12.8. The lowest BCUT2D eigenvalue weighted by atomic mass is 9.92. The van der Waals surface area contributed by atoms with E-state index in [1.54, 1.807) is 23.9 Å². The lowest BCUT2D eigenvalue weighted by Crippen LogP contribution is -2.32. The second kappa shape index (κ2) is 5.35. The van der Waals surface area contributed by atoms with Crippen molar-refractivity contribution in [2.24, 2.45) is 0 Å². The summed E-state index contributed by atoms with van der Waals surface area (Å²) in [5, 5.41) is 8.94. The van der Waals surface area contributed by atoms with E-state index in [1.165, 1.54) is 6.07 Å². The van der Waals surface area contributed by atoms with Crippen molar-refractivity contribution in [3.63, 3.8) is 0 Å². The minimum atomic E-state index is -1.17. The van der Waals surface area contributed by atoms with Crippen molar-refractivity contribution in [1.82, 2.24) is 4.57 Å². The molecule has 0 unspecified atom stereocenters. The van der Waals surface area contributed by atoms with Crippen molar-refractivity contribution in [2.75, 3.05) is 7.11 Å². The first-order chi connectivity index (χ1) is 8.63. The van der Waals surface area contributed by atoms with E-state index < -0.39 is 11.5 Å². The Labute approximate surface area is 105 Å².